The normalized spacial score (nSPS) is 30.2. The first kappa shape index (κ1) is 10.9. The smallest absolute Gasteiger partial charge is 0.152 e. The van der Waals surface area contributed by atoms with E-state index in [9.17, 15) is 8.42 Å². The van der Waals surface area contributed by atoms with Crippen molar-refractivity contribution in [1.82, 2.24) is 0 Å². The van der Waals surface area contributed by atoms with E-state index in [1.54, 1.807) is 12.1 Å². The summed E-state index contributed by atoms with van der Waals surface area (Å²) in [6.07, 6.45) is 1.23. The van der Waals surface area contributed by atoms with Crippen molar-refractivity contribution in [2.45, 2.75) is 17.2 Å². The average molecular weight is 246 g/mol. The number of rotatable bonds is 2. The molecule has 0 saturated heterocycles. The summed E-state index contributed by atoms with van der Waals surface area (Å²) in [6.45, 7) is 0. The molecule has 1 aromatic rings. The molecule has 1 aliphatic rings. The SMILES string of the molecule is CS(=O)(=O)[C@@H]1[C@H](N)[C@H]1c1ccc(Cl)cc1. The van der Waals surface area contributed by atoms with Crippen LogP contribution >= 0.6 is 11.6 Å². The minimum absolute atomic E-state index is 0.0720. The average Bonchev–Trinajstić information content (AvgIpc) is 2.78. The maximum atomic E-state index is 11.3. The molecule has 15 heavy (non-hydrogen) atoms. The summed E-state index contributed by atoms with van der Waals surface area (Å²) >= 11 is 5.75. The first-order chi connectivity index (χ1) is 6.91. The third-order valence-electron chi connectivity index (χ3n) is 2.76. The second-order valence-corrected chi connectivity index (χ2v) is 6.59. The van der Waals surface area contributed by atoms with Crippen LogP contribution < -0.4 is 5.73 Å². The molecular formula is C10H12ClNO2S. The molecule has 0 aromatic heterocycles. The summed E-state index contributed by atoms with van der Waals surface area (Å²) in [5.74, 6) is -0.0720. The van der Waals surface area contributed by atoms with Crippen LogP contribution in [0.2, 0.25) is 5.02 Å². The monoisotopic (exact) mass is 245 g/mol. The van der Waals surface area contributed by atoms with Gasteiger partial charge in [0.1, 0.15) is 0 Å². The van der Waals surface area contributed by atoms with E-state index in [2.05, 4.69) is 0 Å². The van der Waals surface area contributed by atoms with Gasteiger partial charge in [-0.2, -0.15) is 0 Å². The minimum atomic E-state index is -3.04. The van der Waals surface area contributed by atoms with Gasteiger partial charge < -0.3 is 5.73 Å². The molecule has 0 unspecified atom stereocenters. The van der Waals surface area contributed by atoms with Gasteiger partial charge in [0.05, 0.1) is 5.25 Å². The van der Waals surface area contributed by atoms with E-state index >= 15 is 0 Å². The number of sulfone groups is 1. The highest BCUT2D eigenvalue weighted by Gasteiger charge is 2.54. The van der Waals surface area contributed by atoms with E-state index in [0.29, 0.717) is 5.02 Å². The van der Waals surface area contributed by atoms with Gasteiger partial charge in [-0.15, -0.1) is 0 Å². The molecule has 0 spiro atoms. The minimum Gasteiger partial charge on any atom is -0.326 e. The molecular weight excluding hydrogens is 234 g/mol. The molecule has 1 aromatic carbocycles. The largest absolute Gasteiger partial charge is 0.326 e. The molecule has 5 heteroatoms. The Bertz CT molecular complexity index is 469. The van der Waals surface area contributed by atoms with Gasteiger partial charge in [-0.3, -0.25) is 0 Å². The van der Waals surface area contributed by atoms with E-state index in [4.69, 9.17) is 17.3 Å². The van der Waals surface area contributed by atoms with E-state index in [1.165, 1.54) is 6.26 Å². The van der Waals surface area contributed by atoms with Crippen molar-refractivity contribution >= 4 is 21.4 Å². The first-order valence-corrected chi connectivity index (χ1v) is 6.94. The van der Waals surface area contributed by atoms with Crippen LogP contribution in [-0.2, 0) is 9.84 Å². The highest BCUT2D eigenvalue weighted by Crippen LogP contribution is 2.44. The van der Waals surface area contributed by atoms with Gasteiger partial charge in [0, 0.05) is 23.2 Å². The van der Waals surface area contributed by atoms with Gasteiger partial charge in [-0.1, -0.05) is 23.7 Å². The van der Waals surface area contributed by atoms with Crippen LogP contribution in [-0.4, -0.2) is 26.0 Å². The number of hydrogen-bond donors (Lipinski definition) is 1. The molecule has 0 aliphatic heterocycles. The highest BCUT2D eigenvalue weighted by atomic mass is 35.5. The topological polar surface area (TPSA) is 60.2 Å². The van der Waals surface area contributed by atoms with Crippen molar-refractivity contribution in [2.75, 3.05) is 6.26 Å². The molecule has 1 fully saturated rings. The number of nitrogens with two attached hydrogens (primary N) is 1. The van der Waals surface area contributed by atoms with Gasteiger partial charge in [0.15, 0.2) is 9.84 Å². The van der Waals surface area contributed by atoms with Crippen molar-refractivity contribution in [3.8, 4) is 0 Å². The number of hydrogen-bond acceptors (Lipinski definition) is 3. The maximum absolute atomic E-state index is 11.3. The zero-order valence-electron chi connectivity index (χ0n) is 8.22. The summed E-state index contributed by atoms with van der Waals surface area (Å²) in [5.41, 5.74) is 6.70. The van der Waals surface area contributed by atoms with E-state index in [1.807, 2.05) is 12.1 Å². The Hall–Kier alpha value is -0.580. The molecule has 0 heterocycles. The predicted octanol–water partition coefficient (Wildman–Crippen LogP) is 1.18. The highest BCUT2D eigenvalue weighted by molar-refractivity contribution is 7.91. The van der Waals surface area contributed by atoms with E-state index in [-0.39, 0.29) is 12.0 Å². The Balaban J connectivity index is 2.26. The van der Waals surface area contributed by atoms with Gasteiger partial charge >= 0.3 is 0 Å². The maximum Gasteiger partial charge on any atom is 0.152 e. The predicted molar refractivity (Wildman–Crippen MR) is 60.8 cm³/mol. The van der Waals surface area contributed by atoms with Gasteiger partial charge in [-0.25, -0.2) is 8.42 Å². The standard InChI is InChI=1S/C10H12ClNO2S/c1-15(13,14)10-8(9(10)12)6-2-4-7(11)5-3-6/h2-5,8-10H,12H2,1H3/t8-,9-,10+/m1/s1. The van der Waals surface area contributed by atoms with Crippen molar-refractivity contribution in [3.63, 3.8) is 0 Å². The van der Waals surface area contributed by atoms with Crippen molar-refractivity contribution in [2.24, 2.45) is 5.73 Å². The summed E-state index contributed by atoms with van der Waals surface area (Å²) in [4.78, 5) is 0. The van der Waals surface area contributed by atoms with Crippen molar-refractivity contribution < 1.29 is 8.42 Å². The number of halogens is 1. The molecule has 2 N–H and O–H groups in total. The van der Waals surface area contributed by atoms with E-state index < -0.39 is 15.1 Å². The third-order valence-corrected chi connectivity index (χ3v) is 4.60. The van der Waals surface area contributed by atoms with Gasteiger partial charge in [0.2, 0.25) is 0 Å². The molecule has 1 aliphatic carbocycles. The third kappa shape index (κ3) is 2.02. The lowest BCUT2D eigenvalue weighted by Crippen LogP contribution is -2.13. The Kier molecular flexibility index (Phi) is 2.53. The van der Waals surface area contributed by atoms with Crippen LogP contribution in [0.15, 0.2) is 24.3 Å². The molecule has 0 amide bonds. The lowest BCUT2D eigenvalue weighted by molar-refractivity contribution is 0.599. The summed E-state index contributed by atoms with van der Waals surface area (Å²) in [7, 11) is -3.04. The fourth-order valence-electron chi connectivity index (χ4n) is 1.95. The zero-order chi connectivity index (χ0) is 11.2. The Morgan fingerprint density at radius 1 is 1.27 bits per heavy atom. The molecule has 1 saturated carbocycles. The summed E-state index contributed by atoms with van der Waals surface area (Å²) < 4.78 is 22.7. The molecule has 3 nitrogen and oxygen atoms in total. The molecule has 2 rings (SSSR count). The Morgan fingerprint density at radius 2 is 1.80 bits per heavy atom. The Morgan fingerprint density at radius 3 is 2.20 bits per heavy atom. The fraction of sp³-hybridized carbons (Fsp3) is 0.400. The van der Waals surface area contributed by atoms with Crippen LogP contribution in [0.4, 0.5) is 0 Å². The van der Waals surface area contributed by atoms with Crippen LogP contribution in [0.25, 0.3) is 0 Å². The second-order valence-electron chi connectivity index (χ2n) is 3.95. The lowest BCUT2D eigenvalue weighted by Gasteiger charge is -1.98. The lowest BCUT2D eigenvalue weighted by atomic mass is 10.1. The summed E-state index contributed by atoms with van der Waals surface area (Å²) in [5, 5.41) is 0.211. The first-order valence-electron chi connectivity index (χ1n) is 4.61. The van der Waals surface area contributed by atoms with Crippen molar-refractivity contribution in [3.05, 3.63) is 34.9 Å². The molecule has 3 atom stereocenters. The Labute approximate surface area is 94.2 Å². The molecule has 82 valence electrons. The van der Waals surface area contributed by atoms with E-state index in [0.717, 1.165) is 5.56 Å². The van der Waals surface area contributed by atoms with Crippen LogP contribution in [0.1, 0.15) is 11.5 Å². The zero-order valence-corrected chi connectivity index (χ0v) is 9.79. The quantitative estimate of drug-likeness (QED) is 0.851. The number of benzene rings is 1. The second kappa shape index (κ2) is 3.47. The van der Waals surface area contributed by atoms with Gasteiger partial charge in [-0.05, 0) is 17.7 Å². The molecule has 0 bridgehead atoms. The van der Waals surface area contributed by atoms with Gasteiger partial charge in [0.25, 0.3) is 0 Å². The molecule has 0 radical (unpaired) electrons. The van der Waals surface area contributed by atoms with Crippen LogP contribution in [0, 0.1) is 0 Å². The van der Waals surface area contributed by atoms with Crippen LogP contribution in [0.3, 0.4) is 0 Å². The fourth-order valence-corrected chi connectivity index (χ4v) is 3.60. The summed E-state index contributed by atoms with van der Waals surface area (Å²) in [6, 6.07) is 6.89. The van der Waals surface area contributed by atoms with Crippen molar-refractivity contribution in [1.29, 1.82) is 0 Å². The van der Waals surface area contributed by atoms with Crippen LogP contribution in [0.5, 0.6) is 0 Å².